The van der Waals surface area contributed by atoms with Crippen molar-refractivity contribution >= 4 is 49.6 Å². The summed E-state index contributed by atoms with van der Waals surface area (Å²) < 4.78 is 2.17. The molecule has 0 amide bonds. The van der Waals surface area contributed by atoms with E-state index in [1.54, 1.807) is 6.33 Å². The first-order valence-electron chi connectivity index (χ1n) is 14.0. The molecule has 1 aliphatic rings. The molecule has 2 aromatic heterocycles. The van der Waals surface area contributed by atoms with E-state index in [1.165, 1.54) is 33.0 Å². The van der Waals surface area contributed by atoms with Gasteiger partial charge in [-0.3, -0.25) is 4.57 Å². The van der Waals surface area contributed by atoms with Gasteiger partial charge < -0.3 is 4.90 Å². The second kappa shape index (κ2) is 8.85. The first-order valence-corrected chi connectivity index (χ1v) is 14.0. The van der Waals surface area contributed by atoms with Gasteiger partial charge in [-0.1, -0.05) is 103 Å². The Labute approximate surface area is 242 Å². The third kappa shape index (κ3) is 3.22. The van der Waals surface area contributed by atoms with Crippen molar-refractivity contribution < 1.29 is 0 Å². The molecule has 0 N–H and O–H groups in total. The summed E-state index contributed by atoms with van der Waals surface area (Å²) in [6.07, 6.45) is 1.61. The molecule has 0 radical (unpaired) electrons. The highest BCUT2D eigenvalue weighted by Crippen LogP contribution is 2.54. The van der Waals surface area contributed by atoms with Crippen LogP contribution >= 0.6 is 0 Å². The zero-order valence-electron chi connectivity index (χ0n) is 22.5. The van der Waals surface area contributed by atoms with Gasteiger partial charge in [0.05, 0.1) is 22.4 Å². The Kier molecular flexibility index (Phi) is 4.83. The molecule has 0 saturated carbocycles. The Morgan fingerprint density at radius 3 is 2.14 bits per heavy atom. The average Bonchev–Trinajstić information content (AvgIpc) is 3.41. The Balaban J connectivity index is 1.41. The van der Waals surface area contributed by atoms with Crippen LogP contribution in [-0.2, 0) is 0 Å². The van der Waals surface area contributed by atoms with Crippen LogP contribution in [0.3, 0.4) is 0 Å². The quantitative estimate of drug-likeness (QED) is 0.225. The Bertz CT molecular complexity index is 2300. The van der Waals surface area contributed by atoms with E-state index in [-0.39, 0.29) is 0 Å². The number of aromatic nitrogens is 4. The fraction of sp³-hybridized carbons (Fsp3) is 0. The highest BCUT2D eigenvalue weighted by Gasteiger charge is 2.30. The summed E-state index contributed by atoms with van der Waals surface area (Å²) in [6, 6.07) is 46.9. The van der Waals surface area contributed by atoms with Crippen LogP contribution in [0.25, 0.3) is 61.0 Å². The monoisotopic (exact) mass is 537 g/mol. The fourth-order valence-electron chi connectivity index (χ4n) is 6.53. The third-order valence-electron chi connectivity index (χ3n) is 8.25. The van der Waals surface area contributed by atoms with Crippen molar-refractivity contribution in [3.05, 3.63) is 140 Å². The van der Waals surface area contributed by atoms with Crippen LogP contribution < -0.4 is 4.90 Å². The van der Waals surface area contributed by atoms with Gasteiger partial charge in [-0.25, -0.2) is 9.97 Å². The number of nitrogens with zero attached hydrogens (tertiary/aromatic N) is 5. The van der Waals surface area contributed by atoms with Gasteiger partial charge in [-0.15, -0.1) is 0 Å². The lowest BCUT2D eigenvalue weighted by Crippen LogP contribution is -2.15. The molecule has 0 unspecified atom stereocenters. The molecular weight excluding hydrogens is 514 g/mol. The summed E-state index contributed by atoms with van der Waals surface area (Å²) in [6.45, 7) is 0. The number of fused-ring (bicyclic) bond motifs is 6. The molecule has 196 valence electrons. The van der Waals surface area contributed by atoms with E-state index >= 15 is 0 Å². The molecule has 0 bridgehead atoms. The van der Waals surface area contributed by atoms with Crippen LogP contribution in [0.2, 0.25) is 0 Å². The first kappa shape index (κ1) is 22.9. The highest BCUT2D eigenvalue weighted by molar-refractivity contribution is 6.24. The van der Waals surface area contributed by atoms with Crippen molar-refractivity contribution in [2.24, 2.45) is 0 Å². The molecule has 5 heteroatoms. The molecule has 3 heterocycles. The first-order chi connectivity index (χ1) is 20.9. The van der Waals surface area contributed by atoms with Crippen LogP contribution in [0.4, 0.5) is 17.1 Å². The van der Waals surface area contributed by atoms with Crippen molar-refractivity contribution in [2.45, 2.75) is 0 Å². The van der Waals surface area contributed by atoms with Gasteiger partial charge in [0.15, 0.2) is 5.82 Å². The van der Waals surface area contributed by atoms with E-state index in [1.807, 2.05) is 30.3 Å². The minimum absolute atomic E-state index is 0.597. The van der Waals surface area contributed by atoms with Gasteiger partial charge in [0.25, 0.3) is 0 Å². The molecule has 8 aromatic rings. The normalized spacial score (nSPS) is 12.2. The maximum absolute atomic E-state index is 4.97. The van der Waals surface area contributed by atoms with Crippen LogP contribution in [0.5, 0.6) is 0 Å². The Morgan fingerprint density at radius 1 is 0.524 bits per heavy atom. The van der Waals surface area contributed by atoms with Crippen molar-refractivity contribution in [2.75, 3.05) is 4.90 Å². The van der Waals surface area contributed by atoms with Crippen molar-refractivity contribution in [3.63, 3.8) is 0 Å². The summed E-state index contributed by atoms with van der Waals surface area (Å²) in [5, 5.41) is 4.82. The van der Waals surface area contributed by atoms with Crippen LogP contribution in [0, 0.1) is 0 Å². The van der Waals surface area contributed by atoms with Crippen LogP contribution in [0.1, 0.15) is 0 Å². The third-order valence-corrected chi connectivity index (χ3v) is 8.25. The van der Waals surface area contributed by atoms with E-state index < -0.39 is 0 Å². The zero-order valence-corrected chi connectivity index (χ0v) is 22.5. The highest BCUT2D eigenvalue weighted by atomic mass is 15.2. The summed E-state index contributed by atoms with van der Waals surface area (Å²) in [5.41, 5.74) is 8.98. The lowest BCUT2D eigenvalue weighted by atomic mass is 9.89. The molecular formula is C37H23N5. The van der Waals surface area contributed by atoms with Crippen molar-refractivity contribution in [3.8, 4) is 28.5 Å². The van der Waals surface area contributed by atoms with E-state index in [4.69, 9.17) is 9.97 Å². The summed E-state index contributed by atoms with van der Waals surface area (Å²) in [5.74, 6) is 1.25. The Hall–Kier alpha value is -5.81. The lowest BCUT2D eigenvalue weighted by molar-refractivity contribution is 0.946. The van der Waals surface area contributed by atoms with Gasteiger partial charge in [-0.2, -0.15) is 4.98 Å². The van der Waals surface area contributed by atoms with E-state index in [0.29, 0.717) is 11.8 Å². The predicted octanol–water partition coefficient (Wildman–Crippen LogP) is 9.24. The van der Waals surface area contributed by atoms with E-state index in [2.05, 4.69) is 118 Å². The standard InChI is InChI=1S/C37H23N5/c1-3-11-25(12-4-1)36-38-23-39-37(40-36)42-30-19-8-7-17-29(30)34-32(42)22-21-28-27-18-9-13-24-14-10-20-31(33(24)27)41(35(28)34)26-15-5-2-6-16-26/h1-23H. The number of anilines is 3. The van der Waals surface area contributed by atoms with Crippen LogP contribution in [-0.4, -0.2) is 19.5 Å². The zero-order chi connectivity index (χ0) is 27.6. The van der Waals surface area contributed by atoms with Crippen molar-refractivity contribution in [1.29, 1.82) is 0 Å². The van der Waals surface area contributed by atoms with Gasteiger partial charge in [0, 0.05) is 33.0 Å². The van der Waals surface area contributed by atoms with Gasteiger partial charge >= 0.3 is 0 Å². The maximum Gasteiger partial charge on any atom is 0.238 e. The number of hydrogen-bond acceptors (Lipinski definition) is 4. The lowest BCUT2D eigenvalue weighted by Gasteiger charge is -2.34. The Morgan fingerprint density at radius 2 is 1.29 bits per heavy atom. The van der Waals surface area contributed by atoms with Gasteiger partial charge in [0.1, 0.15) is 6.33 Å². The summed E-state index contributed by atoms with van der Waals surface area (Å²) in [7, 11) is 0. The second-order valence-electron chi connectivity index (χ2n) is 10.5. The molecule has 0 fully saturated rings. The summed E-state index contributed by atoms with van der Waals surface area (Å²) >= 11 is 0. The van der Waals surface area contributed by atoms with Crippen LogP contribution in [0.15, 0.2) is 140 Å². The largest absolute Gasteiger partial charge is 0.309 e. The van der Waals surface area contributed by atoms with E-state index in [0.717, 1.165) is 33.4 Å². The topological polar surface area (TPSA) is 46.8 Å². The van der Waals surface area contributed by atoms with E-state index in [9.17, 15) is 0 Å². The minimum Gasteiger partial charge on any atom is -0.309 e. The molecule has 0 spiro atoms. The predicted molar refractivity (Wildman–Crippen MR) is 171 cm³/mol. The molecule has 0 saturated heterocycles. The number of para-hydroxylation sites is 2. The van der Waals surface area contributed by atoms with Gasteiger partial charge in [-0.05, 0) is 41.3 Å². The minimum atomic E-state index is 0.597. The molecule has 0 atom stereocenters. The average molecular weight is 538 g/mol. The number of hydrogen-bond donors (Lipinski definition) is 0. The smallest absolute Gasteiger partial charge is 0.238 e. The number of rotatable bonds is 3. The SMILES string of the molecule is c1ccc(-c2ncnc(-n3c4ccccc4c4c5c(ccc43)-c3cccc4cccc(c34)N5c3ccccc3)n2)cc1. The van der Waals surface area contributed by atoms with Crippen molar-refractivity contribution in [1.82, 2.24) is 19.5 Å². The maximum atomic E-state index is 4.97. The summed E-state index contributed by atoms with van der Waals surface area (Å²) in [4.78, 5) is 16.6. The molecule has 1 aliphatic heterocycles. The molecule has 6 aromatic carbocycles. The molecule has 42 heavy (non-hydrogen) atoms. The second-order valence-corrected chi connectivity index (χ2v) is 10.5. The molecule has 5 nitrogen and oxygen atoms in total. The molecule has 9 rings (SSSR count). The van der Waals surface area contributed by atoms with Gasteiger partial charge in [0.2, 0.25) is 5.95 Å². The fourth-order valence-corrected chi connectivity index (χ4v) is 6.53. The number of benzene rings is 6. The molecule has 0 aliphatic carbocycles.